The maximum absolute atomic E-state index is 5.34. The summed E-state index contributed by atoms with van der Waals surface area (Å²) in [6.45, 7) is 12.0. The largest absolute Gasteiger partial charge is 0.382 e. The molecule has 0 radical (unpaired) electrons. The summed E-state index contributed by atoms with van der Waals surface area (Å²) in [4.78, 5) is 2.49. The minimum Gasteiger partial charge on any atom is -0.382 e. The van der Waals surface area contributed by atoms with Crippen molar-refractivity contribution in [3.63, 3.8) is 0 Å². The number of hydrogen-bond donors (Lipinski definition) is 1. The fourth-order valence-corrected chi connectivity index (χ4v) is 1.90. The minimum atomic E-state index is 0.607. The van der Waals surface area contributed by atoms with E-state index in [1.54, 1.807) is 0 Å². The number of nitrogens with zero attached hydrogens (tertiary/aromatic N) is 1. The van der Waals surface area contributed by atoms with Crippen LogP contribution in [0.3, 0.4) is 0 Å². The molecule has 4 nitrogen and oxygen atoms in total. The summed E-state index contributed by atoms with van der Waals surface area (Å²) in [7, 11) is 0. The molecular weight excluding hydrogens is 204 g/mol. The van der Waals surface area contributed by atoms with Crippen LogP contribution in [-0.4, -0.2) is 63.5 Å². The molecule has 0 bridgehead atoms. The average molecular weight is 230 g/mol. The van der Waals surface area contributed by atoms with E-state index in [0.717, 1.165) is 59.0 Å². The van der Waals surface area contributed by atoms with Crippen molar-refractivity contribution >= 4 is 0 Å². The third-order valence-corrected chi connectivity index (χ3v) is 2.96. The predicted molar refractivity (Wildman–Crippen MR) is 65.8 cm³/mol. The van der Waals surface area contributed by atoms with Crippen LogP contribution in [-0.2, 0) is 9.47 Å². The van der Waals surface area contributed by atoms with Gasteiger partial charge in [-0.25, -0.2) is 0 Å². The molecule has 1 heterocycles. The topological polar surface area (TPSA) is 33.7 Å². The molecule has 1 saturated heterocycles. The number of rotatable bonds is 8. The molecule has 1 rings (SSSR count). The molecule has 1 N–H and O–H groups in total. The van der Waals surface area contributed by atoms with Crippen LogP contribution in [0.5, 0.6) is 0 Å². The van der Waals surface area contributed by atoms with Crippen LogP contribution in [0.4, 0.5) is 0 Å². The molecule has 1 atom stereocenters. The van der Waals surface area contributed by atoms with Crippen LogP contribution in [0.1, 0.15) is 20.3 Å². The quantitative estimate of drug-likeness (QED) is 0.623. The van der Waals surface area contributed by atoms with Crippen molar-refractivity contribution in [2.45, 2.75) is 26.3 Å². The van der Waals surface area contributed by atoms with Gasteiger partial charge in [-0.05, 0) is 26.8 Å². The van der Waals surface area contributed by atoms with Gasteiger partial charge in [-0.3, -0.25) is 4.90 Å². The van der Waals surface area contributed by atoms with E-state index in [0.29, 0.717) is 6.04 Å². The Balaban J connectivity index is 1.94. The maximum atomic E-state index is 5.34. The lowest BCUT2D eigenvalue weighted by Gasteiger charge is -2.32. The smallest absolute Gasteiger partial charge is 0.0594 e. The number of morpholine rings is 1. The molecule has 0 aromatic heterocycles. The van der Waals surface area contributed by atoms with Gasteiger partial charge in [0.2, 0.25) is 0 Å². The molecule has 0 spiro atoms. The second-order valence-corrected chi connectivity index (χ2v) is 4.25. The summed E-state index contributed by atoms with van der Waals surface area (Å²) < 4.78 is 10.6. The van der Waals surface area contributed by atoms with Crippen molar-refractivity contribution in [1.82, 2.24) is 10.2 Å². The second-order valence-electron chi connectivity index (χ2n) is 4.25. The zero-order chi connectivity index (χ0) is 11.6. The van der Waals surface area contributed by atoms with Crippen LogP contribution in [0, 0.1) is 0 Å². The van der Waals surface area contributed by atoms with Gasteiger partial charge in [-0.2, -0.15) is 0 Å². The number of hydrogen-bond acceptors (Lipinski definition) is 4. The lowest BCUT2D eigenvalue weighted by molar-refractivity contribution is 0.0203. The van der Waals surface area contributed by atoms with Gasteiger partial charge in [-0.1, -0.05) is 0 Å². The van der Waals surface area contributed by atoms with Gasteiger partial charge < -0.3 is 14.8 Å². The fourth-order valence-electron chi connectivity index (χ4n) is 1.90. The summed E-state index contributed by atoms with van der Waals surface area (Å²) in [5.41, 5.74) is 0. The first-order valence-electron chi connectivity index (χ1n) is 6.45. The van der Waals surface area contributed by atoms with E-state index in [-0.39, 0.29) is 0 Å². The first kappa shape index (κ1) is 13.9. The Morgan fingerprint density at radius 2 is 2.12 bits per heavy atom. The molecule has 0 amide bonds. The Labute approximate surface area is 99.3 Å². The lowest BCUT2D eigenvalue weighted by Crippen LogP contribution is -2.46. The average Bonchev–Trinajstić information content (AvgIpc) is 2.34. The monoisotopic (exact) mass is 230 g/mol. The first-order valence-corrected chi connectivity index (χ1v) is 6.45. The van der Waals surface area contributed by atoms with Crippen molar-refractivity contribution in [3.05, 3.63) is 0 Å². The van der Waals surface area contributed by atoms with Gasteiger partial charge in [0.1, 0.15) is 0 Å². The second kappa shape index (κ2) is 8.93. The molecule has 4 heteroatoms. The molecule has 0 aliphatic carbocycles. The van der Waals surface area contributed by atoms with Crippen LogP contribution >= 0.6 is 0 Å². The highest BCUT2D eigenvalue weighted by molar-refractivity contribution is 4.71. The van der Waals surface area contributed by atoms with Crippen LogP contribution in [0.2, 0.25) is 0 Å². The summed E-state index contributed by atoms with van der Waals surface area (Å²) in [5.74, 6) is 0. The molecule has 1 unspecified atom stereocenters. The highest BCUT2D eigenvalue weighted by Crippen LogP contribution is 2.02. The summed E-state index contributed by atoms with van der Waals surface area (Å²) in [6.07, 6.45) is 1.10. The Kier molecular flexibility index (Phi) is 7.76. The van der Waals surface area contributed by atoms with Crippen LogP contribution in [0.25, 0.3) is 0 Å². The van der Waals surface area contributed by atoms with Gasteiger partial charge in [0.15, 0.2) is 0 Å². The van der Waals surface area contributed by atoms with Crippen molar-refractivity contribution in [1.29, 1.82) is 0 Å². The molecule has 96 valence electrons. The van der Waals surface area contributed by atoms with E-state index >= 15 is 0 Å². The summed E-state index contributed by atoms with van der Waals surface area (Å²) in [6, 6.07) is 0.607. The minimum absolute atomic E-state index is 0.607. The third kappa shape index (κ3) is 5.80. The zero-order valence-corrected chi connectivity index (χ0v) is 10.7. The molecule has 1 aliphatic heterocycles. The van der Waals surface area contributed by atoms with E-state index in [4.69, 9.17) is 9.47 Å². The number of ether oxygens (including phenoxy) is 2. The zero-order valence-electron chi connectivity index (χ0n) is 10.7. The predicted octanol–water partition coefficient (Wildman–Crippen LogP) is 0.723. The van der Waals surface area contributed by atoms with Crippen molar-refractivity contribution in [3.8, 4) is 0 Å². The van der Waals surface area contributed by atoms with E-state index in [1.807, 2.05) is 6.92 Å². The Hall–Kier alpha value is -0.160. The van der Waals surface area contributed by atoms with Gasteiger partial charge >= 0.3 is 0 Å². The highest BCUT2D eigenvalue weighted by atomic mass is 16.5. The molecule has 1 aliphatic rings. The van der Waals surface area contributed by atoms with Crippen LogP contribution in [0.15, 0.2) is 0 Å². The third-order valence-electron chi connectivity index (χ3n) is 2.96. The standard InChI is InChI=1S/C12H26N2O2/c1-3-15-8-4-5-13-11-12(2)14-6-9-16-10-7-14/h12-13H,3-11H2,1-2H3. The Morgan fingerprint density at radius 3 is 2.81 bits per heavy atom. The Bertz CT molecular complexity index is 161. The fraction of sp³-hybridized carbons (Fsp3) is 1.00. The van der Waals surface area contributed by atoms with Crippen molar-refractivity contribution in [2.75, 3.05) is 52.6 Å². The SMILES string of the molecule is CCOCCCNCC(C)N1CCOCC1. The Morgan fingerprint density at radius 1 is 1.38 bits per heavy atom. The highest BCUT2D eigenvalue weighted by Gasteiger charge is 2.15. The van der Waals surface area contributed by atoms with Crippen molar-refractivity contribution < 1.29 is 9.47 Å². The van der Waals surface area contributed by atoms with Gasteiger partial charge in [0, 0.05) is 38.9 Å². The normalized spacial score (nSPS) is 19.9. The molecule has 0 aromatic rings. The van der Waals surface area contributed by atoms with E-state index in [9.17, 15) is 0 Å². The maximum Gasteiger partial charge on any atom is 0.0594 e. The van der Waals surface area contributed by atoms with Gasteiger partial charge in [0.05, 0.1) is 13.2 Å². The number of nitrogens with one attached hydrogen (secondary N) is 1. The van der Waals surface area contributed by atoms with Crippen molar-refractivity contribution in [2.24, 2.45) is 0 Å². The molecule has 16 heavy (non-hydrogen) atoms. The van der Waals surface area contributed by atoms with Crippen LogP contribution < -0.4 is 5.32 Å². The molecule has 0 saturated carbocycles. The molecule has 1 fully saturated rings. The van der Waals surface area contributed by atoms with E-state index in [1.165, 1.54) is 0 Å². The van der Waals surface area contributed by atoms with E-state index < -0.39 is 0 Å². The molecule has 0 aromatic carbocycles. The van der Waals surface area contributed by atoms with Gasteiger partial charge in [-0.15, -0.1) is 0 Å². The molecular formula is C12H26N2O2. The van der Waals surface area contributed by atoms with Gasteiger partial charge in [0.25, 0.3) is 0 Å². The lowest BCUT2D eigenvalue weighted by atomic mass is 10.2. The van der Waals surface area contributed by atoms with E-state index in [2.05, 4.69) is 17.1 Å². The first-order chi connectivity index (χ1) is 7.84. The summed E-state index contributed by atoms with van der Waals surface area (Å²) >= 11 is 0. The summed E-state index contributed by atoms with van der Waals surface area (Å²) in [5, 5.41) is 3.48.